The molecule has 0 aliphatic carbocycles. The van der Waals surface area contributed by atoms with Gasteiger partial charge in [0.25, 0.3) is 5.89 Å². The lowest BCUT2D eigenvalue weighted by atomic mass is 10.1. The zero-order chi connectivity index (χ0) is 19.3. The molecule has 28 heavy (non-hydrogen) atoms. The number of anilines is 1. The monoisotopic (exact) mass is 385 g/mol. The smallest absolute Gasteiger partial charge is 0.258 e. The van der Waals surface area contributed by atoms with Gasteiger partial charge in [-0.05, 0) is 30.3 Å². The van der Waals surface area contributed by atoms with Crippen LogP contribution in [-0.2, 0) is 4.79 Å². The highest BCUT2D eigenvalue weighted by Crippen LogP contribution is 2.37. The molecule has 0 bridgehead atoms. The molecule has 1 unspecified atom stereocenters. The Morgan fingerprint density at radius 3 is 2.82 bits per heavy atom. The van der Waals surface area contributed by atoms with Gasteiger partial charge < -0.3 is 18.9 Å². The van der Waals surface area contributed by atoms with Crippen molar-refractivity contribution in [1.82, 2.24) is 10.1 Å². The highest BCUT2D eigenvalue weighted by atomic mass is 19.1. The molecule has 9 heteroatoms. The molecule has 0 spiro atoms. The topological polar surface area (TPSA) is 77.7 Å². The molecule has 142 valence electrons. The molecule has 2 aromatic carbocycles. The van der Waals surface area contributed by atoms with Gasteiger partial charge in [0.15, 0.2) is 17.3 Å². The first-order valence-corrected chi connectivity index (χ1v) is 8.57. The summed E-state index contributed by atoms with van der Waals surface area (Å²) in [6, 6.07) is 8.25. The summed E-state index contributed by atoms with van der Waals surface area (Å²) < 4.78 is 43.4. The standard InChI is InChI=1S/C19H13F2N3O4/c20-12-2-3-13(21)14(7-12)24-8-11(6-17(24)25)18-22-19(28-23-18)10-1-4-15-16(5-10)27-9-26-15/h1-5,7,11H,6,8-9H2. The number of hydrogen-bond acceptors (Lipinski definition) is 6. The van der Waals surface area contributed by atoms with E-state index in [9.17, 15) is 13.6 Å². The minimum atomic E-state index is -0.662. The molecule has 2 aliphatic rings. The number of halogens is 2. The highest BCUT2D eigenvalue weighted by Gasteiger charge is 2.36. The summed E-state index contributed by atoms with van der Waals surface area (Å²) in [4.78, 5) is 17.9. The minimum absolute atomic E-state index is 0.0794. The number of amides is 1. The molecule has 2 aliphatic heterocycles. The molecule has 1 atom stereocenters. The van der Waals surface area contributed by atoms with Gasteiger partial charge >= 0.3 is 0 Å². The summed E-state index contributed by atoms with van der Waals surface area (Å²) >= 11 is 0. The van der Waals surface area contributed by atoms with Gasteiger partial charge in [0, 0.05) is 30.5 Å². The Labute approximate surface area is 157 Å². The third-order valence-electron chi connectivity index (χ3n) is 4.75. The summed E-state index contributed by atoms with van der Waals surface area (Å²) in [5.74, 6) is -0.164. The largest absolute Gasteiger partial charge is 0.454 e. The van der Waals surface area contributed by atoms with Crippen molar-refractivity contribution in [1.29, 1.82) is 0 Å². The maximum atomic E-state index is 14.0. The predicted octanol–water partition coefficient (Wildman–Crippen LogP) is 3.26. The Bertz CT molecular complexity index is 1080. The molecule has 5 rings (SSSR count). The molecule has 0 N–H and O–H groups in total. The molecule has 3 aromatic rings. The van der Waals surface area contributed by atoms with Crippen LogP contribution in [0, 0.1) is 11.6 Å². The van der Waals surface area contributed by atoms with Gasteiger partial charge in [0.2, 0.25) is 12.7 Å². The summed E-state index contributed by atoms with van der Waals surface area (Å²) in [7, 11) is 0. The van der Waals surface area contributed by atoms with E-state index in [2.05, 4.69) is 10.1 Å². The third kappa shape index (κ3) is 2.75. The van der Waals surface area contributed by atoms with E-state index < -0.39 is 11.6 Å². The fraction of sp³-hybridized carbons (Fsp3) is 0.211. The van der Waals surface area contributed by atoms with Gasteiger partial charge in [-0.1, -0.05) is 5.16 Å². The third-order valence-corrected chi connectivity index (χ3v) is 4.75. The van der Waals surface area contributed by atoms with Gasteiger partial charge in [-0.25, -0.2) is 8.78 Å². The number of carbonyl (C=O) groups excluding carboxylic acids is 1. The van der Waals surface area contributed by atoms with Crippen LogP contribution >= 0.6 is 0 Å². The van der Waals surface area contributed by atoms with E-state index >= 15 is 0 Å². The van der Waals surface area contributed by atoms with Crippen LogP contribution in [0.1, 0.15) is 18.2 Å². The molecular formula is C19H13F2N3O4. The second kappa shape index (κ2) is 6.29. The van der Waals surface area contributed by atoms with Crippen LogP contribution in [0.3, 0.4) is 0 Å². The Balaban J connectivity index is 1.39. The number of rotatable bonds is 3. The van der Waals surface area contributed by atoms with E-state index in [1.54, 1.807) is 18.2 Å². The lowest BCUT2D eigenvalue weighted by molar-refractivity contribution is -0.117. The fourth-order valence-corrected chi connectivity index (χ4v) is 3.35. The van der Waals surface area contributed by atoms with Crippen LogP contribution in [0.25, 0.3) is 11.5 Å². The summed E-state index contributed by atoms with van der Waals surface area (Å²) in [6.45, 7) is 0.295. The van der Waals surface area contributed by atoms with Crippen LogP contribution in [0.2, 0.25) is 0 Å². The van der Waals surface area contributed by atoms with Crippen molar-refractivity contribution in [3.8, 4) is 23.0 Å². The fourth-order valence-electron chi connectivity index (χ4n) is 3.35. The second-order valence-corrected chi connectivity index (χ2v) is 6.53. The molecule has 3 heterocycles. The number of nitrogens with zero attached hydrogens (tertiary/aromatic N) is 3. The number of carbonyl (C=O) groups is 1. The predicted molar refractivity (Wildman–Crippen MR) is 91.9 cm³/mol. The van der Waals surface area contributed by atoms with Crippen molar-refractivity contribution in [3.63, 3.8) is 0 Å². The maximum absolute atomic E-state index is 14.0. The molecule has 0 saturated carbocycles. The van der Waals surface area contributed by atoms with Gasteiger partial charge in [0.05, 0.1) is 5.69 Å². The average Bonchev–Trinajstić information content (AvgIpc) is 3.42. The summed E-state index contributed by atoms with van der Waals surface area (Å²) in [5, 5.41) is 3.97. The SMILES string of the molecule is O=C1CC(c2noc(-c3ccc4c(c3)OCO4)n2)CN1c1cc(F)ccc1F. The second-order valence-electron chi connectivity index (χ2n) is 6.53. The van der Waals surface area contributed by atoms with E-state index in [4.69, 9.17) is 14.0 Å². The summed E-state index contributed by atoms with van der Waals surface area (Å²) in [5.41, 5.74) is 0.562. The number of ether oxygens (including phenoxy) is 2. The lowest BCUT2D eigenvalue weighted by Crippen LogP contribution is -2.25. The molecule has 1 saturated heterocycles. The maximum Gasteiger partial charge on any atom is 0.258 e. The number of aromatic nitrogens is 2. The first-order valence-electron chi connectivity index (χ1n) is 8.57. The van der Waals surface area contributed by atoms with E-state index in [0.29, 0.717) is 22.9 Å². The number of hydrogen-bond donors (Lipinski definition) is 0. The van der Waals surface area contributed by atoms with E-state index in [-0.39, 0.29) is 43.2 Å². The van der Waals surface area contributed by atoms with E-state index in [1.807, 2.05) is 0 Å². The Morgan fingerprint density at radius 2 is 1.93 bits per heavy atom. The van der Waals surface area contributed by atoms with Crippen molar-refractivity contribution in [2.45, 2.75) is 12.3 Å². The minimum Gasteiger partial charge on any atom is -0.454 e. The Morgan fingerprint density at radius 1 is 1.07 bits per heavy atom. The molecular weight excluding hydrogens is 372 g/mol. The first kappa shape index (κ1) is 16.7. The highest BCUT2D eigenvalue weighted by molar-refractivity contribution is 5.96. The van der Waals surface area contributed by atoms with Gasteiger partial charge in [-0.15, -0.1) is 0 Å². The van der Waals surface area contributed by atoms with E-state index in [1.165, 1.54) is 4.90 Å². The zero-order valence-electron chi connectivity index (χ0n) is 14.4. The van der Waals surface area contributed by atoms with Crippen molar-refractivity contribution in [3.05, 3.63) is 53.9 Å². The Hall–Kier alpha value is -3.49. The van der Waals surface area contributed by atoms with Crippen LogP contribution in [0.4, 0.5) is 14.5 Å². The van der Waals surface area contributed by atoms with Crippen molar-refractivity contribution in [2.24, 2.45) is 0 Å². The van der Waals surface area contributed by atoms with Gasteiger partial charge in [-0.2, -0.15) is 4.98 Å². The lowest BCUT2D eigenvalue weighted by Gasteiger charge is -2.16. The van der Waals surface area contributed by atoms with Crippen LogP contribution in [0.15, 0.2) is 40.9 Å². The quantitative estimate of drug-likeness (QED) is 0.689. The average molecular weight is 385 g/mol. The first-order chi connectivity index (χ1) is 13.6. The van der Waals surface area contributed by atoms with Crippen LogP contribution in [0.5, 0.6) is 11.5 Å². The zero-order valence-corrected chi connectivity index (χ0v) is 14.4. The Kier molecular flexibility index (Phi) is 3.75. The van der Waals surface area contributed by atoms with Crippen LogP contribution in [-0.4, -0.2) is 29.4 Å². The number of fused-ring (bicyclic) bond motifs is 1. The normalized spacial score (nSPS) is 18.1. The van der Waals surface area contributed by atoms with Crippen LogP contribution < -0.4 is 14.4 Å². The van der Waals surface area contributed by atoms with Crippen molar-refractivity contribution >= 4 is 11.6 Å². The molecule has 0 radical (unpaired) electrons. The summed E-state index contributed by atoms with van der Waals surface area (Å²) in [6.07, 6.45) is 0.0794. The van der Waals surface area contributed by atoms with E-state index in [0.717, 1.165) is 18.2 Å². The van der Waals surface area contributed by atoms with Gasteiger partial charge in [0.1, 0.15) is 11.6 Å². The molecule has 1 amide bonds. The molecule has 7 nitrogen and oxygen atoms in total. The molecule has 1 aromatic heterocycles. The van der Waals surface area contributed by atoms with Crippen molar-refractivity contribution in [2.75, 3.05) is 18.2 Å². The van der Waals surface area contributed by atoms with Crippen molar-refractivity contribution < 1.29 is 27.6 Å². The molecule has 1 fully saturated rings. The van der Waals surface area contributed by atoms with Gasteiger partial charge in [-0.3, -0.25) is 4.79 Å². The number of benzene rings is 2.